The van der Waals surface area contributed by atoms with Crippen molar-refractivity contribution >= 4 is 17.6 Å². The second-order valence-corrected chi connectivity index (χ2v) is 6.02. The Labute approximate surface area is 122 Å². The van der Waals surface area contributed by atoms with E-state index in [-0.39, 0.29) is 6.54 Å². The molecular weight excluding hydrogens is 282 g/mol. The van der Waals surface area contributed by atoms with Gasteiger partial charge in [-0.1, -0.05) is 11.6 Å². The van der Waals surface area contributed by atoms with Gasteiger partial charge in [-0.05, 0) is 39.1 Å². The number of aliphatic hydroxyl groups is 1. The van der Waals surface area contributed by atoms with Gasteiger partial charge in [0.05, 0.1) is 12.6 Å². The minimum atomic E-state index is -0.951. The van der Waals surface area contributed by atoms with Crippen LogP contribution in [-0.2, 0) is 4.79 Å². The first-order chi connectivity index (χ1) is 9.22. The third-order valence-corrected chi connectivity index (χ3v) is 3.77. The second kappa shape index (κ2) is 5.24. The molecule has 0 spiro atoms. The molecule has 2 unspecified atom stereocenters. The average molecular weight is 300 g/mol. The van der Waals surface area contributed by atoms with E-state index in [1.165, 1.54) is 0 Å². The summed E-state index contributed by atoms with van der Waals surface area (Å²) >= 11 is 5.95. The summed E-state index contributed by atoms with van der Waals surface area (Å²) in [5, 5.41) is 20.0. The summed E-state index contributed by atoms with van der Waals surface area (Å²) in [7, 11) is 1.66. The minimum Gasteiger partial charge on any atom is -0.486 e. The lowest BCUT2D eigenvalue weighted by atomic mass is 9.85. The summed E-state index contributed by atoms with van der Waals surface area (Å²) in [6.45, 7) is 3.48. The SMILES string of the molecule is CN(CC(=O)O)C1C(O)c2cc(Cl)ccc2OC1(C)C. The van der Waals surface area contributed by atoms with Crippen molar-refractivity contribution in [3.05, 3.63) is 28.8 Å². The molecule has 0 aliphatic carbocycles. The van der Waals surface area contributed by atoms with Gasteiger partial charge >= 0.3 is 5.97 Å². The highest BCUT2D eigenvalue weighted by Crippen LogP contribution is 2.42. The number of aliphatic hydroxyl groups excluding tert-OH is 1. The van der Waals surface area contributed by atoms with Crippen molar-refractivity contribution in [3.63, 3.8) is 0 Å². The molecule has 0 bridgehead atoms. The molecule has 20 heavy (non-hydrogen) atoms. The van der Waals surface area contributed by atoms with Gasteiger partial charge in [-0.25, -0.2) is 0 Å². The molecular formula is C14H18ClNO4. The lowest BCUT2D eigenvalue weighted by Crippen LogP contribution is -2.57. The smallest absolute Gasteiger partial charge is 0.317 e. The van der Waals surface area contributed by atoms with Crippen LogP contribution in [0.4, 0.5) is 0 Å². The molecule has 1 aromatic rings. The first-order valence-electron chi connectivity index (χ1n) is 6.31. The Morgan fingerprint density at radius 2 is 2.15 bits per heavy atom. The van der Waals surface area contributed by atoms with Crippen LogP contribution >= 0.6 is 11.6 Å². The molecule has 0 saturated carbocycles. The van der Waals surface area contributed by atoms with Gasteiger partial charge in [0.2, 0.25) is 0 Å². The maximum Gasteiger partial charge on any atom is 0.317 e. The molecule has 0 radical (unpaired) electrons. The zero-order valence-corrected chi connectivity index (χ0v) is 12.4. The Bertz CT molecular complexity index is 532. The molecule has 0 fully saturated rings. The molecule has 110 valence electrons. The number of carbonyl (C=O) groups is 1. The normalized spacial score (nSPS) is 24.1. The van der Waals surface area contributed by atoms with Crippen molar-refractivity contribution in [3.8, 4) is 5.75 Å². The molecule has 0 amide bonds. The number of carboxylic acid groups (broad SMARTS) is 1. The number of hydrogen-bond acceptors (Lipinski definition) is 4. The van der Waals surface area contributed by atoms with Crippen LogP contribution in [0.3, 0.4) is 0 Å². The Kier molecular flexibility index (Phi) is 3.95. The molecule has 1 heterocycles. The van der Waals surface area contributed by atoms with Crippen molar-refractivity contribution in [1.29, 1.82) is 0 Å². The molecule has 1 aliphatic rings. The van der Waals surface area contributed by atoms with Crippen LogP contribution in [0.15, 0.2) is 18.2 Å². The van der Waals surface area contributed by atoms with Gasteiger partial charge in [-0.15, -0.1) is 0 Å². The van der Waals surface area contributed by atoms with Gasteiger partial charge in [-0.2, -0.15) is 0 Å². The lowest BCUT2D eigenvalue weighted by Gasteiger charge is -2.46. The summed E-state index contributed by atoms with van der Waals surface area (Å²) in [5.41, 5.74) is -0.135. The molecule has 2 N–H and O–H groups in total. The topological polar surface area (TPSA) is 70.0 Å². The third kappa shape index (κ3) is 2.75. The van der Waals surface area contributed by atoms with Gasteiger partial charge in [0.15, 0.2) is 0 Å². The zero-order valence-electron chi connectivity index (χ0n) is 11.6. The van der Waals surface area contributed by atoms with Crippen molar-refractivity contribution in [2.24, 2.45) is 0 Å². The van der Waals surface area contributed by atoms with Crippen LogP contribution in [-0.4, -0.2) is 46.3 Å². The molecule has 6 heteroatoms. The van der Waals surface area contributed by atoms with Crippen LogP contribution in [0.1, 0.15) is 25.5 Å². The van der Waals surface area contributed by atoms with E-state index in [0.717, 1.165) is 0 Å². The van der Waals surface area contributed by atoms with E-state index in [1.807, 2.05) is 13.8 Å². The second-order valence-electron chi connectivity index (χ2n) is 5.59. The molecule has 5 nitrogen and oxygen atoms in total. The van der Waals surface area contributed by atoms with E-state index in [9.17, 15) is 9.90 Å². The van der Waals surface area contributed by atoms with E-state index in [2.05, 4.69) is 0 Å². The molecule has 0 saturated heterocycles. The number of benzene rings is 1. The summed E-state index contributed by atoms with van der Waals surface area (Å²) in [6.07, 6.45) is -0.864. The number of fused-ring (bicyclic) bond motifs is 1. The van der Waals surface area contributed by atoms with E-state index < -0.39 is 23.7 Å². The van der Waals surface area contributed by atoms with Gasteiger partial charge in [0.25, 0.3) is 0 Å². The van der Waals surface area contributed by atoms with E-state index in [0.29, 0.717) is 16.3 Å². The van der Waals surface area contributed by atoms with Gasteiger partial charge in [-0.3, -0.25) is 9.69 Å². The summed E-state index contributed by atoms with van der Waals surface area (Å²) in [5.74, 6) is -0.376. The Balaban J connectivity index is 2.40. The van der Waals surface area contributed by atoms with Crippen molar-refractivity contribution in [1.82, 2.24) is 4.90 Å². The number of nitrogens with zero attached hydrogens (tertiary/aromatic N) is 1. The Morgan fingerprint density at radius 1 is 1.50 bits per heavy atom. The quantitative estimate of drug-likeness (QED) is 0.892. The fraction of sp³-hybridized carbons (Fsp3) is 0.500. The Hall–Kier alpha value is -1.30. The summed E-state index contributed by atoms with van der Waals surface area (Å²) in [4.78, 5) is 12.5. The van der Waals surface area contributed by atoms with Crippen LogP contribution < -0.4 is 4.74 Å². The van der Waals surface area contributed by atoms with Gasteiger partial charge < -0.3 is 14.9 Å². The van der Waals surface area contributed by atoms with Crippen molar-refractivity contribution in [2.75, 3.05) is 13.6 Å². The first kappa shape index (κ1) is 15.1. The molecule has 1 aromatic carbocycles. The highest BCUT2D eigenvalue weighted by molar-refractivity contribution is 6.30. The highest BCUT2D eigenvalue weighted by atomic mass is 35.5. The predicted molar refractivity (Wildman–Crippen MR) is 75.2 cm³/mol. The monoisotopic (exact) mass is 299 g/mol. The van der Waals surface area contributed by atoms with Crippen LogP contribution in [0, 0.1) is 0 Å². The number of ether oxygens (including phenoxy) is 1. The summed E-state index contributed by atoms with van der Waals surface area (Å²) < 4.78 is 5.91. The number of aliphatic carboxylic acids is 1. The number of rotatable bonds is 3. The predicted octanol–water partition coefficient (Wildman–Crippen LogP) is 1.93. The average Bonchev–Trinajstić information content (AvgIpc) is 2.28. The number of likely N-dealkylation sites (N-methyl/N-ethyl adjacent to an activating group) is 1. The number of halogens is 1. The van der Waals surface area contributed by atoms with Gasteiger partial charge in [0, 0.05) is 10.6 Å². The van der Waals surface area contributed by atoms with Crippen LogP contribution in [0.5, 0.6) is 5.75 Å². The van der Waals surface area contributed by atoms with E-state index in [4.69, 9.17) is 21.4 Å². The standard InChI is InChI=1S/C14H18ClNO4/c1-14(2)13(16(3)7-11(17)18)12(19)9-6-8(15)4-5-10(9)20-14/h4-6,12-13,19H,7H2,1-3H3,(H,17,18). The van der Waals surface area contributed by atoms with E-state index >= 15 is 0 Å². The highest BCUT2D eigenvalue weighted by Gasteiger charge is 2.45. The maximum atomic E-state index is 10.9. The van der Waals surface area contributed by atoms with Crippen LogP contribution in [0.2, 0.25) is 5.02 Å². The Morgan fingerprint density at radius 3 is 2.75 bits per heavy atom. The van der Waals surface area contributed by atoms with Crippen molar-refractivity contribution in [2.45, 2.75) is 31.6 Å². The maximum absolute atomic E-state index is 10.9. The molecule has 1 aliphatic heterocycles. The number of carboxylic acids is 1. The largest absolute Gasteiger partial charge is 0.486 e. The zero-order chi connectivity index (χ0) is 15.1. The molecule has 2 atom stereocenters. The minimum absolute atomic E-state index is 0.176. The van der Waals surface area contributed by atoms with Crippen molar-refractivity contribution < 1.29 is 19.7 Å². The first-order valence-corrected chi connectivity index (χ1v) is 6.69. The third-order valence-electron chi connectivity index (χ3n) is 3.53. The fourth-order valence-electron chi connectivity index (χ4n) is 2.82. The molecule has 2 rings (SSSR count). The summed E-state index contributed by atoms with van der Waals surface area (Å²) in [6, 6.07) is 4.59. The van der Waals surface area contributed by atoms with Crippen LogP contribution in [0.25, 0.3) is 0 Å². The van der Waals surface area contributed by atoms with Gasteiger partial charge in [0.1, 0.15) is 17.5 Å². The molecule has 0 aromatic heterocycles. The number of hydrogen-bond donors (Lipinski definition) is 2. The fourth-order valence-corrected chi connectivity index (χ4v) is 3.00. The lowest BCUT2D eigenvalue weighted by molar-refractivity contribution is -0.142. The van der Waals surface area contributed by atoms with E-state index in [1.54, 1.807) is 30.1 Å².